The van der Waals surface area contributed by atoms with Crippen molar-refractivity contribution in [1.82, 2.24) is 14.7 Å². The molecule has 0 unspecified atom stereocenters. The second-order valence-corrected chi connectivity index (χ2v) is 7.37. The molecule has 1 N–H and O–H groups in total. The molecule has 1 saturated heterocycles. The lowest BCUT2D eigenvalue weighted by Crippen LogP contribution is -2.36. The number of hydrogen-bond acceptors (Lipinski definition) is 5. The van der Waals surface area contributed by atoms with E-state index in [2.05, 4.69) is 47.0 Å². The smallest absolute Gasteiger partial charge is 0.195 e. The predicted molar refractivity (Wildman–Crippen MR) is 87.3 cm³/mol. The number of imidazole rings is 1. The summed E-state index contributed by atoms with van der Waals surface area (Å²) < 4.78 is 7.78. The maximum Gasteiger partial charge on any atom is 0.195 e. The first-order chi connectivity index (χ1) is 10.0. The standard InChI is InChI=1S/C15H24N4OS/c1-15(2,3)16-11-12-13(17-14-19(12)7-10-21-14)18-5-4-8-20-9-6-18/h7,10,16H,4-6,8-9,11H2,1-3H3. The van der Waals surface area contributed by atoms with Crippen molar-refractivity contribution in [1.29, 1.82) is 0 Å². The largest absolute Gasteiger partial charge is 0.380 e. The number of ether oxygens (including phenoxy) is 1. The van der Waals surface area contributed by atoms with Crippen LogP contribution in [0.2, 0.25) is 0 Å². The van der Waals surface area contributed by atoms with Crippen molar-refractivity contribution < 1.29 is 4.74 Å². The number of hydrogen-bond donors (Lipinski definition) is 1. The van der Waals surface area contributed by atoms with Crippen LogP contribution < -0.4 is 10.2 Å². The molecule has 0 radical (unpaired) electrons. The van der Waals surface area contributed by atoms with E-state index >= 15 is 0 Å². The van der Waals surface area contributed by atoms with Crippen molar-refractivity contribution in [3.63, 3.8) is 0 Å². The molecule has 2 aromatic heterocycles. The number of thiazole rings is 1. The normalized spacial score (nSPS) is 17.4. The molecule has 0 amide bonds. The van der Waals surface area contributed by atoms with Crippen molar-refractivity contribution in [3.8, 4) is 0 Å². The van der Waals surface area contributed by atoms with E-state index in [-0.39, 0.29) is 5.54 Å². The van der Waals surface area contributed by atoms with Crippen LogP contribution >= 0.6 is 11.3 Å². The SMILES string of the molecule is CC(C)(C)NCc1c(N2CCCOCC2)nc2sccn12. The summed E-state index contributed by atoms with van der Waals surface area (Å²) in [4.78, 5) is 8.29. The van der Waals surface area contributed by atoms with Crippen LogP contribution in [0.15, 0.2) is 11.6 Å². The van der Waals surface area contributed by atoms with Crippen LogP contribution in [0.4, 0.5) is 5.82 Å². The molecule has 5 nitrogen and oxygen atoms in total. The first-order valence-electron chi connectivity index (χ1n) is 7.57. The van der Waals surface area contributed by atoms with E-state index in [0.717, 1.165) is 50.0 Å². The number of nitrogens with zero attached hydrogens (tertiary/aromatic N) is 3. The third kappa shape index (κ3) is 3.39. The molecule has 3 heterocycles. The maximum atomic E-state index is 5.57. The van der Waals surface area contributed by atoms with Crippen LogP contribution in [-0.4, -0.2) is 41.2 Å². The van der Waals surface area contributed by atoms with Gasteiger partial charge in [0.05, 0.1) is 12.3 Å². The van der Waals surface area contributed by atoms with Gasteiger partial charge in [0.25, 0.3) is 0 Å². The molecule has 0 atom stereocenters. The minimum Gasteiger partial charge on any atom is -0.380 e. The first-order valence-corrected chi connectivity index (χ1v) is 8.45. The highest BCUT2D eigenvalue weighted by molar-refractivity contribution is 7.15. The summed E-state index contributed by atoms with van der Waals surface area (Å²) in [5, 5.41) is 5.68. The fraction of sp³-hybridized carbons (Fsp3) is 0.667. The quantitative estimate of drug-likeness (QED) is 0.946. The number of aromatic nitrogens is 2. The molecule has 116 valence electrons. The molecule has 1 aliphatic heterocycles. The molecular formula is C15H24N4OS. The zero-order valence-corrected chi connectivity index (χ0v) is 13.9. The average molecular weight is 308 g/mol. The van der Waals surface area contributed by atoms with E-state index in [1.165, 1.54) is 5.69 Å². The second-order valence-electron chi connectivity index (χ2n) is 6.49. The lowest BCUT2D eigenvalue weighted by atomic mass is 10.1. The van der Waals surface area contributed by atoms with Crippen molar-refractivity contribution in [2.45, 2.75) is 39.3 Å². The van der Waals surface area contributed by atoms with Crippen LogP contribution in [0.5, 0.6) is 0 Å². The first kappa shape index (κ1) is 14.8. The number of anilines is 1. The minimum atomic E-state index is 0.0966. The molecule has 0 aromatic carbocycles. The summed E-state index contributed by atoms with van der Waals surface area (Å²) >= 11 is 1.69. The number of rotatable bonds is 3. The van der Waals surface area contributed by atoms with Gasteiger partial charge in [0, 0.05) is 43.4 Å². The van der Waals surface area contributed by atoms with Gasteiger partial charge in [-0.3, -0.25) is 4.40 Å². The number of nitrogens with one attached hydrogen (secondary N) is 1. The van der Waals surface area contributed by atoms with Gasteiger partial charge < -0.3 is 15.0 Å². The van der Waals surface area contributed by atoms with Gasteiger partial charge in [-0.2, -0.15) is 0 Å². The summed E-state index contributed by atoms with van der Waals surface area (Å²) in [6.45, 7) is 11.0. The summed E-state index contributed by atoms with van der Waals surface area (Å²) in [7, 11) is 0. The highest BCUT2D eigenvalue weighted by Crippen LogP contribution is 2.26. The van der Waals surface area contributed by atoms with E-state index in [0.29, 0.717) is 0 Å². The van der Waals surface area contributed by atoms with Gasteiger partial charge in [-0.1, -0.05) is 0 Å². The Hall–Kier alpha value is -1.11. The monoisotopic (exact) mass is 308 g/mol. The Morgan fingerprint density at radius 3 is 3.00 bits per heavy atom. The van der Waals surface area contributed by atoms with Crippen LogP contribution in [0, 0.1) is 0 Å². The van der Waals surface area contributed by atoms with E-state index in [9.17, 15) is 0 Å². The van der Waals surface area contributed by atoms with Crippen LogP contribution in [0.3, 0.4) is 0 Å². The Bertz CT molecular complexity index is 590. The summed E-state index contributed by atoms with van der Waals surface area (Å²) in [6, 6.07) is 0. The number of fused-ring (bicyclic) bond motifs is 1. The minimum absolute atomic E-state index is 0.0966. The third-order valence-electron chi connectivity index (χ3n) is 3.65. The zero-order valence-electron chi connectivity index (χ0n) is 13.1. The predicted octanol–water partition coefficient (Wildman–Crippen LogP) is 2.51. The molecule has 0 saturated carbocycles. The Morgan fingerprint density at radius 2 is 2.19 bits per heavy atom. The Morgan fingerprint density at radius 1 is 1.33 bits per heavy atom. The molecule has 2 aromatic rings. The molecule has 0 bridgehead atoms. The molecule has 1 fully saturated rings. The molecule has 0 spiro atoms. The third-order valence-corrected chi connectivity index (χ3v) is 4.40. The van der Waals surface area contributed by atoms with Crippen LogP contribution in [0.1, 0.15) is 32.9 Å². The van der Waals surface area contributed by atoms with Gasteiger partial charge in [0.1, 0.15) is 0 Å². The maximum absolute atomic E-state index is 5.57. The van der Waals surface area contributed by atoms with Gasteiger partial charge in [-0.25, -0.2) is 4.98 Å². The van der Waals surface area contributed by atoms with Crippen molar-refractivity contribution in [2.75, 3.05) is 31.2 Å². The summed E-state index contributed by atoms with van der Waals surface area (Å²) in [6.07, 6.45) is 3.18. The average Bonchev–Trinajstić information content (AvgIpc) is 2.87. The molecule has 3 rings (SSSR count). The van der Waals surface area contributed by atoms with E-state index in [1.807, 2.05) is 0 Å². The fourth-order valence-electron chi connectivity index (χ4n) is 2.55. The molecule has 21 heavy (non-hydrogen) atoms. The van der Waals surface area contributed by atoms with Gasteiger partial charge in [-0.05, 0) is 27.2 Å². The van der Waals surface area contributed by atoms with Crippen LogP contribution in [0.25, 0.3) is 4.96 Å². The van der Waals surface area contributed by atoms with E-state index < -0.39 is 0 Å². The summed E-state index contributed by atoms with van der Waals surface area (Å²) in [5.74, 6) is 1.11. The lowest BCUT2D eigenvalue weighted by molar-refractivity contribution is 0.152. The molecule has 1 aliphatic rings. The highest BCUT2D eigenvalue weighted by atomic mass is 32.1. The van der Waals surface area contributed by atoms with Gasteiger partial charge in [0.15, 0.2) is 10.8 Å². The van der Waals surface area contributed by atoms with Crippen LogP contribution in [-0.2, 0) is 11.3 Å². The van der Waals surface area contributed by atoms with Crippen molar-refractivity contribution in [2.24, 2.45) is 0 Å². The topological polar surface area (TPSA) is 41.8 Å². The fourth-order valence-corrected chi connectivity index (χ4v) is 3.27. The van der Waals surface area contributed by atoms with E-state index in [4.69, 9.17) is 9.72 Å². The Balaban J connectivity index is 1.90. The van der Waals surface area contributed by atoms with E-state index in [1.54, 1.807) is 11.3 Å². The highest BCUT2D eigenvalue weighted by Gasteiger charge is 2.21. The summed E-state index contributed by atoms with van der Waals surface area (Å²) in [5.41, 5.74) is 1.35. The van der Waals surface area contributed by atoms with Gasteiger partial charge in [0.2, 0.25) is 0 Å². The Labute approximate surface area is 129 Å². The van der Waals surface area contributed by atoms with Crippen molar-refractivity contribution in [3.05, 3.63) is 17.3 Å². The Kier molecular flexibility index (Phi) is 4.19. The zero-order chi connectivity index (χ0) is 14.9. The molecular weight excluding hydrogens is 284 g/mol. The lowest BCUT2D eigenvalue weighted by Gasteiger charge is -2.24. The molecule has 0 aliphatic carbocycles. The molecule has 6 heteroatoms. The van der Waals surface area contributed by atoms with Gasteiger partial charge in [-0.15, -0.1) is 11.3 Å². The van der Waals surface area contributed by atoms with Gasteiger partial charge >= 0.3 is 0 Å². The van der Waals surface area contributed by atoms with Crippen molar-refractivity contribution >= 4 is 22.1 Å². The second kappa shape index (κ2) is 5.94.